The number of carbonyl (C=O) groups excluding carboxylic acids is 1. The minimum Gasteiger partial charge on any atom is -0.352 e. The van der Waals surface area contributed by atoms with Gasteiger partial charge in [0.2, 0.25) is 5.91 Å². The van der Waals surface area contributed by atoms with Gasteiger partial charge >= 0.3 is 0 Å². The highest BCUT2D eigenvalue weighted by Gasteiger charge is 2.05. The van der Waals surface area contributed by atoms with Crippen LogP contribution in [-0.4, -0.2) is 25.5 Å². The molecular weight excluding hydrogens is 332 g/mol. The van der Waals surface area contributed by atoms with E-state index < -0.39 is 0 Å². The van der Waals surface area contributed by atoms with Crippen LogP contribution in [0.5, 0.6) is 0 Å². The number of carbonyl (C=O) groups is 1. The van der Waals surface area contributed by atoms with Crippen LogP contribution in [0.3, 0.4) is 0 Å². The van der Waals surface area contributed by atoms with E-state index in [4.69, 9.17) is 6.42 Å². The third-order valence-corrected chi connectivity index (χ3v) is 4.68. The molecule has 0 unspecified atom stereocenters. The number of thiophene rings is 1. The van der Waals surface area contributed by atoms with E-state index in [0.29, 0.717) is 18.2 Å². The van der Waals surface area contributed by atoms with Crippen molar-refractivity contribution in [1.82, 2.24) is 10.6 Å². The molecule has 0 aliphatic carbocycles. The molecule has 1 amide bonds. The van der Waals surface area contributed by atoms with Crippen LogP contribution in [0, 0.1) is 12.3 Å². The summed E-state index contributed by atoms with van der Waals surface area (Å²) in [5.41, 5.74) is 1.40. The number of aliphatic imine (C=N–C) groups is 1. The molecule has 130 valence electrons. The van der Waals surface area contributed by atoms with Gasteiger partial charge in [-0.2, -0.15) is 0 Å². The first kappa shape index (κ1) is 18.6. The van der Waals surface area contributed by atoms with Gasteiger partial charge in [0.25, 0.3) is 0 Å². The molecule has 0 bridgehead atoms. The first-order valence-electron chi connectivity index (χ1n) is 8.03. The number of nitrogens with one attached hydrogen (secondary N) is 3. The Kier molecular flexibility index (Phi) is 7.05. The van der Waals surface area contributed by atoms with Crippen LogP contribution in [0.2, 0.25) is 0 Å². The number of amides is 1. The number of hydrogen-bond donors (Lipinski definition) is 3. The highest BCUT2D eigenvalue weighted by atomic mass is 32.1. The maximum Gasteiger partial charge on any atom is 0.243 e. The van der Waals surface area contributed by atoms with E-state index in [0.717, 1.165) is 12.0 Å². The average molecular weight is 354 g/mol. The van der Waals surface area contributed by atoms with Crippen molar-refractivity contribution in [3.63, 3.8) is 0 Å². The van der Waals surface area contributed by atoms with Crippen LogP contribution in [0.4, 0.5) is 5.69 Å². The van der Waals surface area contributed by atoms with Crippen molar-refractivity contribution in [3.8, 4) is 12.3 Å². The van der Waals surface area contributed by atoms with E-state index in [1.807, 2.05) is 12.1 Å². The molecule has 0 fully saturated rings. The van der Waals surface area contributed by atoms with Gasteiger partial charge in [-0.1, -0.05) is 18.9 Å². The van der Waals surface area contributed by atoms with Gasteiger partial charge < -0.3 is 16.0 Å². The first-order valence-corrected chi connectivity index (χ1v) is 8.85. The minimum atomic E-state index is -0.165. The maximum absolute atomic E-state index is 12.0. The van der Waals surface area contributed by atoms with Gasteiger partial charge in [0.15, 0.2) is 5.96 Å². The lowest BCUT2D eigenvalue weighted by atomic mass is 10.2. The second-order valence-corrected chi connectivity index (χ2v) is 6.53. The summed E-state index contributed by atoms with van der Waals surface area (Å²) in [5.74, 6) is 2.96. The molecule has 2 rings (SSSR count). The van der Waals surface area contributed by atoms with Crippen LogP contribution in [0.25, 0.3) is 0 Å². The Balaban J connectivity index is 1.79. The third-order valence-electron chi connectivity index (χ3n) is 3.45. The average Bonchev–Trinajstić information content (AvgIpc) is 3.10. The lowest BCUT2D eigenvalue weighted by molar-refractivity contribution is -0.115. The van der Waals surface area contributed by atoms with Gasteiger partial charge in [0, 0.05) is 28.1 Å². The summed E-state index contributed by atoms with van der Waals surface area (Å²) in [6.07, 6.45) is 6.40. The summed E-state index contributed by atoms with van der Waals surface area (Å²) in [6, 6.07) is 11.4. The van der Waals surface area contributed by atoms with E-state index in [9.17, 15) is 4.79 Å². The SMILES string of the molecule is C#Cc1cccc(NC(=O)CNC(=NC)NCc2ccc(CC)s2)c1. The second-order valence-electron chi connectivity index (χ2n) is 5.27. The van der Waals surface area contributed by atoms with E-state index in [1.54, 1.807) is 30.5 Å². The predicted molar refractivity (Wildman–Crippen MR) is 105 cm³/mol. The Bertz CT molecular complexity index is 789. The molecule has 5 nitrogen and oxygen atoms in total. The molecule has 25 heavy (non-hydrogen) atoms. The Morgan fingerprint density at radius 3 is 2.72 bits per heavy atom. The summed E-state index contributed by atoms with van der Waals surface area (Å²) in [4.78, 5) is 18.8. The van der Waals surface area contributed by atoms with E-state index in [1.165, 1.54) is 9.75 Å². The molecule has 0 aliphatic heterocycles. The zero-order valence-electron chi connectivity index (χ0n) is 14.4. The minimum absolute atomic E-state index is 0.116. The van der Waals surface area contributed by atoms with Gasteiger partial charge in [-0.25, -0.2) is 0 Å². The largest absolute Gasteiger partial charge is 0.352 e. The molecular formula is C19H22N4OS. The molecule has 0 spiro atoms. The van der Waals surface area contributed by atoms with Crippen molar-refractivity contribution in [3.05, 3.63) is 51.7 Å². The number of rotatable bonds is 6. The van der Waals surface area contributed by atoms with Crippen molar-refractivity contribution in [2.45, 2.75) is 19.9 Å². The lowest BCUT2D eigenvalue weighted by Gasteiger charge is -2.11. The number of terminal acetylenes is 1. The van der Waals surface area contributed by atoms with E-state index >= 15 is 0 Å². The zero-order valence-corrected chi connectivity index (χ0v) is 15.2. The number of nitrogens with zero attached hydrogens (tertiary/aromatic N) is 1. The van der Waals surface area contributed by atoms with Crippen LogP contribution in [-0.2, 0) is 17.8 Å². The topological polar surface area (TPSA) is 65.5 Å². The summed E-state index contributed by atoms with van der Waals surface area (Å²) in [6.45, 7) is 2.93. The monoisotopic (exact) mass is 354 g/mol. The molecule has 0 saturated carbocycles. The first-order chi connectivity index (χ1) is 12.1. The number of benzene rings is 1. The number of hydrogen-bond acceptors (Lipinski definition) is 3. The smallest absolute Gasteiger partial charge is 0.243 e. The molecule has 1 aromatic carbocycles. The van der Waals surface area contributed by atoms with Crippen LogP contribution < -0.4 is 16.0 Å². The summed E-state index contributed by atoms with van der Waals surface area (Å²) < 4.78 is 0. The quantitative estimate of drug-likeness (QED) is 0.424. The van der Waals surface area contributed by atoms with Crippen molar-refractivity contribution >= 4 is 28.9 Å². The normalized spacial score (nSPS) is 10.8. The van der Waals surface area contributed by atoms with E-state index in [-0.39, 0.29) is 12.5 Å². The molecule has 1 aromatic heterocycles. The van der Waals surface area contributed by atoms with Gasteiger partial charge in [-0.3, -0.25) is 9.79 Å². The Hall–Kier alpha value is -2.78. The molecule has 6 heteroatoms. The number of aryl methyl sites for hydroxylation is 1. The summed E-state index contributed by atoms with van der Waals surface area (Å²) in [5, 5.41) is 9.01. The fourth-order valence-electron chi connectivity index (χ4n) is 2.15. The highest BCUT2D eigenvalue weighted by molar-refractivity contribution is 7.11. The maximum atomic E-state index is 12.0. The van der Waals surface area contributed by atoms with Crippen molar-refractivity contribution < 1.29 is 4.79 Å². The van der Waals surface area contributed by atoms with Gasteiger partial charge in [0.1, 0.15) is 0 Å². The van der Waals surface area contributed by atoms with Gasteiger partial charge in [-0.15, -0.1) is 17.8 Å². The van der Waals surface area contributed by atoms with Crippen LogP contribution in [0.15, 0.2) is 41.4 Å². The van der Waals surface area contributed by atoms with Gasteiger partial charge in [-0.05, 0) is 36.8 Å². The predicted octanol–water partition coefficient (Wildman–Crippen LogP) is 2.60. The molecule has 1 heterocycles. The van der Waals surface area contributed by atoms with Crippen molar-refractivity contribution in [2.75, 3.05) is 18.9 Å². The molecule has 2 aromatic rings. The number of guanidine groups is 1. The Labute approximate surface area is 152 Å². The zero-order chi connectivity index (χ0) is 18.1. The van der Waals surface area contributed by atoms with Crippen LogP contribution in [0.1, 0.15) is 22.2 Å². The Morgan fingerprint density at radius 2 is 2.04 bits per heavy atom. The standard InChI is InChI=1S/C19H22N4OS/c1-4-14-7-6-8-15(11-14)23-18(24)13-22-19(20-3)21-12-17-10-9-16(5-2)25-17/h1,6-11H,5,12-13H2,2-3H3,(H,23,24)(H2,20,21,22). The summed E-state index contributed by atoms with van der Waals surface area (Å²) in [7, 11) is 1.68. The van der Waals surface area contributed by atoms with Crippen molar-refractivity contribution in [1.29, 1.82) is 0 Å². The van der Waals surface area contributed by atoms with Crippen LogP contribution >= 0.6 is 11.3 Å². The highest BCUT2D eigenvalue weighted by Crippen LogP contribution is 2.16. The van der Waals surface area contributed by atoms with Crippen molar-refractivity contribution in [2.24, 2.45) is 4.99 Å². The third kappa shape index (κ3) is 5.98. The molecule has 0 saturated heterocycles. The second kappa shape index (κ2) is 9.50. The van der Waals surface area contributed by atoms with Gasteiger partial charge in [0.05, 0.1) is 13.1 Å². The fraction of sp³-hybridized carbons (Fsp3) is 0.263. The lowest BCUT2D eigenvalue weighted by Crippen LogP contribution is -2.40. The molecule has 0 aliphatic rings. The molecule has 0 radical (unpaired) electrons. The number of anilines is 1. The molecule has 3 N–H and O–H groups in total. The Morgan fingerprint density at radius 1 is 1.24 bits per heavy atom. The summed E-state index contributed by atoms with van der Waals surface area (Å²) >= 11 is 1.77. The molecule has 0 atom stereocenters. The fourth-order valence-corrected chi connectivity index (χ4v) is 3.05. The van der Waals surface area contributed by atoms with E-state index in [2.05, 4.69) is 45.9 Å².